The maximum atomic E-state index is 11.8. The van der Waals surface area contributed by atoms with Gasteiger partial charge in [-0.1, -0.05) is 37.3 Å². The van der Waals surface area contributed by atoms with E-state index in [1.165, 1.54) is 6.07 Å². The van der Waals surface area contributed by atoms with Crippen LogP contribution in [0.2, 0.25) is 0 Å². The van der Waals surface area contributed by atoms with E-state index in [1.54, 1.807) is 25.1 Å². The first-order valence-corrected chi connectivity index (χ1v) is 5.68. The van der Waals surface area contributed by atoms with Crippen molar-refractivity contribution in [2.24, 2.45) is 0 Å². The fraction of sp³-hybridized carbons (Fsp3) is 0.143. The fourth-order valence-electron chi connectivity index (χ4n) is 1.72. The van der Waals surface area contributed by atoms with Crippen LogP contribution < -0.4 is 5.32 Å². The van der Waals surface area contributed by atoms with Gasteiger partial charge in [-0.3, -0.25) is 14.9 Å². The van der Waals surface area contributed by atoms with Gasteiger partial charge >= 0.3 is 0 Å². The average Bonchev–Trinajstić information content (AvgIpc) is 2.39. The van der Waals surface area contributed by atoms with Gasteiger partial charge in [-0.05, 0) is 11.5 Å². The summed E-state index contributed by atoms with van der Waals surface area (Å²) in [5.41, 5.74) is 0.107. The molecule has 18 heavy (non-hydrogen) atoms. The van der Waals surface area contributed by atoms with E-state index in [1.807, 2.05) is 12.1 Å². The number of amides is 2. The number of carbonyl (C=O) groups is 2. The highest BCUT2D eigenvalue weighted by atomic mass is 16.3. The molecule has 2 N–H and O–H groups in total. The Bertz CT molecular complexity index is 619. The van der Waals surface area contributed by atoms with Crippen molar-refractivity contribution in [3.05, 3.63) is 42.0 Å². The lowest BCUT2D eigenvalue weighted by atomic mass is 10.0. The van der Waals surface area contributed by atoms with Gasteiger partial charge in [0.15, 0.2) is 0 Å². The largest absolute Gasteiger partial charge is 0.506 e. The van der Waals surface area contributed by atoms with Crippen molar-refractivity contribution in [1.82, 2.24) is 5.32 Å². The molecule has 92 valence electrons. The summed E-state index contributed by atoms with van der Waals surface area (Å²) in [6, 6.07) is 10.4. The minimum atomic E-state index is -0.579. The summed E-state index contributed by atoms with van der Waals surface area (Å²) in [6.45, 7) is 1.66. The highest BCUT2D eigenvalue weighted by Gasteiger charge is 2.15. The molecule has 4 nitrogen and oxygen atoms in total. The Hall–Kier alpha value is -2.36. The van der Waals surface area contributed by atoms with E-state index in [4.69, 9.17) is 0 Å². The van der Waals surface area contributed by atoms with Crippen LogP contribution in [0.3, 0.4) is 0 Å². The summed E-state index contributed by atoms with van der Waals surface area (Å²) in [7, 11) is 0. The van der Waals surface area contributed by atoms with E-state index in [-0.39, 0.29) is 23.6 Å². The normalized spacial score (nSPS) is 10.3. The Morgan fingerprint density at radius 2 is 1.89 bits per heavy atom. The number of imide groups is 1. The third-order valence-corrected chi connectivity index (χ3v) is 2.72. The maximum Gasteiger partial charge on any atom is 0.261 e. The molecule has 0 aromatic heterocycles. The lowest BCUT2D eigenvalue weighted by molar-refractivity contribution is -0.119. The molecule has 0 saturated heterocycles. The highest BCUT2D eigenvalue weighted by Crippen LogP contribution is 2.28. The Balaban J connectivity index is 2.43. The van der Waals surface area contributed by atoms with Crippen LogP contribution in [0.4, 0.5) is 0 Å². The summed E-state index contributed by atoms with van der Waals surface area (Å²) in [6.07, 6.45) is 0.222. The van der Waals surface area contributed by atoms with Gasteiger partial charge in [-0.15, -0.1) is 0 Å². The van der Waals surface area contributed by atoms with Crippen LogP contribution in [0, 0.1) is 0 Å². The Morgan fingerprint density at radius 3 is 2.61 bits per heavy atom. The number of rotatable bonds is 2. The summed E-state index contributed by atoms with van der Waals surface area (Å²) < 4.78 is 0. The minimum absolute atomic E-state index is 0.102. The van der Waals surface area contributed by atoms with E-state index < -0.39 is 5.91 Å². The van der Waals surface area contributed by atoms with Crippen molar-refractivity contribution in [3.63, 3.8) is 0 Å². The summed E-state index contributed by atoms with van der Waals surface area (Å²) >= 11 is 0. The molecule has 0 aliphatic rings. The number of fused-ring (bicyclic) bond motifs is 1. The summed E-state index contributed by atoms with van der Waals surface area (Å²) in [5.74, 6) is -1.05. The zero-order chi connectivity index (χ0) is 13.1. The standard InChI is InChI=1S/C14H13NO3/c1-2-12(16)15-14(18)11-8-7-9-5-3-4-6-10(9)13(11)17/h3-8,17H,2H2,1H3,(H,15,16,18). The molecular formula is C14H13NO3. The number of benzene rings is 2. The van der Waals surface area contributed by atoms with Crippen LogP contribution in [0.1, 0.15) is 23.7 Å². The zero-order valence-corrected chi connectivity index (χ0v) is 9.93. The van der Waals surface area contributed by atoms with E-state index in [2.05, 4.69) is 5.32 Å². The maximum absolute atomic E-state index is 11.8. The summed E-state index contributed by atoms with van der Waals surface area (Å²) in [5, 5.41) is 13.7. The molecule has 4 heteroatoms. The molecule has 2 aromatic carbocycles. The number of phenolic OH excluding ortho intramolecular Hbond substituents is 1. The van der Waals surface area contributed by atoms with Gasteiger partial charge in [0.05, 0.1) is 5.56 Å². The van der Waals surface area contributed by atoms with Crippen molar-refractivity contribution in [2.45, 2.75) is 13.3 Å². The third-order valence-electron chi connectivity index (χ3n) is 2.72. The van der Waals surface area contributed by atoms with Gasteiger partial charge in [-0.25, -0.2) is 0 Å². The van der Waals surface area contributed by atoms with E-state index >= 15 is 0 Å². The molecule has 0 unspecified atom stereocenters. The molecular weight excluding hydrogens is 230 g/mol. The molecule has 0 atom stereocenters. The van der Waals surface area contributed by atoms with Crippen LogP contribution in [-0.4, -0.2) is 16.9 Å². The minimum Gasteiger partial charge on any atom is -0.506 e. The van der Waals surface area contributed by atoms with Gasteiger partial charge in [0, 0.05) is 11.8 Å². The number of phenols is 1. The fourth-order valence-corrected chi connectivity index (χ4v) is 1.72. The smallest absolute Gasteiger partial charge is 0.261 e. The van der Waals surface area contributed by atoms with E-state index in [9.17, 15) is 14.7 Å². The summed E-state index contributed by atoms with van der Waals surface area (Å²) in [4.78, 5) is 22.9. The van der Waals surface area contributed by atoms with Crippen molar-refractivity contribution in [2.75, 3.05) is 0 Å². The second-order valence-corrected chi connectivity index (χ2v) is 3.91. The number of nitrogens with one attached hydrogen (secondary N) is 1. The van der Waals surface area contributed by atoms with Crippen molar-refractivity contribution < 1.29 is 14.7 Å². The van der Waals surface area contributed by atoms with Crippen LogP contribution in [-0.2, 0) is 4.79 Å². The Morgan fingerprint density at radius 1 is 1.17 bits per heavy atom. The predicted molar refractivity (Wildman–Crippen MR) is 68.4 cm³/mol. The zero-order valence-electron chi connectivity index (χ0n) is 9.93. The second-order valence-electron chi connectivity index (χ2n) is 3.91. The predicted octanol–water partition coefficient (Wildman–Crippen LogP) is 2.21. The third kappa shape index (κ3) is 2.18. The topological polar surface area (TPSA) is 66.4 Å². The molecule has 0 saturated carbocycles. The molecule has 0 spiro atoms. The second kappa shape index (κ2) is 4.87. The van der Waals surface area contributed by atoms with Crippen LogP contribution in [0.15, 0.2) is 36.4 Å². The van der Waals surface area contributed by atoms with Crippen molar-refractivity contribution >= 4 is 22.6 Å². The molecule has 0 bridgehead atoms. The molecule has 0 heterocycles. The first-order chi connectivity index (χ1) is 8.63. The van der Waals surface area contributed by atoms with Crippen molar-refractivity contribution in [1.29, 1.82) is 0 Å². The molecule has 2 amide bonds. The van der Waals surface area contributed by atoms with E-state index in [0.717, 1.165) is 5.39 Å². The van der Waals surface area contributed by atoms with Crippen LogP contribution in [0.5, 0.6) is 5.75 Å². The lowest BCUT2D eigenvalue weighted by Gasteiger charge is -2.07. The lowest BCUT2D eigenvalue weighted by Crippen LogP contribution is -2.29. The Labute approximate surface area is 104 Å². The number of carbonyl (C=O) groups excluding carboxylic acids is 2. The Kier molecular flexibility index (Phi) is 3.28. The number of hydrogen-bond donors (Lipinski definition) is 2. The molecule has 2 rings (SSSR count). The highest BCUT2D eigenvalue weighted by molar-refractivity contribution is 6.09. The van der Waals surface area contributed by atoms with E-state index in [0.29, 0.717) is 5.39 Å². The molecule has 0 fully saturated rings. The van der Waals surface area contributed by atoms with Gasteiger partial charge in [0.1, 0.15) is 5.75 Å². The van der Waals surface area contributed by atoms with Crippen LogP contribution >= 0.6 is 0 Å². The van der Waals surface area contributed by atoms with Gasteiger partial charge < -0.3 is 5.11 Å². The number of aromatic hydroxyl groups is 1. The van der Waals surface area contributed by atoms with Gasteiger partial charge in [-0.2, -0.15) is 0 Å². The quantitative estimate of drug-likeness (QED) is 0.849. The molecule has 2 aromatic rings. The van der Waals surface area contributed by atoms with Crippen LogP contribution in [0.25, 0.3) is 10.8 Å². The average molecular weight is 243 g/mol. The first-order valence-electron chi connectivity index (χ1n) is 5.68. The first kappa shape index (κ1) is 12.1. The SMILES string of the molecule is CCC(=O)NC(=O)c1ccc2ccccc2c1O. The van der Waals surface area contributed by atoms with Gasteiger partial charge in [0.25, 0.3) is 5.91 Å². The van der Waals surface area contributed by atoms with Crippen molar-refractivity contribution in [3.8, 4) is 5.75 Å². The number of hydrogen-bond acceptors (Lipinski definition) is 3. The van der Waals surface area contributed by atoms with Gasteiger partial charge in [0.2, 0.25) is 5.91 Å². The molecule has 0 radical (unpaired) electrons. The molecule has 0 aliphatic heterocycles. The molecule has 0 aliphatic carbocycles. The monoisotopic (exact) mass is 243 g/mol.